The molecule has 0 heterocycles. The summed E-state index contributed by atoms with van der Waals surface area (Å²) in [6, 6.07) is 0. The first-order chi connectivity index (χ1) is 13.4. The summed E-state index contributed by atoms with van der Waals surface area (Å²) < 4.78 is 212. The SMILES string of the molecule is O=C([O-])C(F)(F)C(F)(F)C(F)(F)C(F)(F)F.O=C([O-])C(F)(F)C(F)(F)C(F)(F)C(F)(F)F.[Zn+2]. The molecule has 0 N–H and O–H groups in total. The molecule has 4 nitrogen and oxygen atoms in total. The molecule has 0 radical (unpaired) electrons. The number of hydrogen-bond acceptors (Lipinski definition) is 4. The second kappa shape index (κ2) is 9.51. The van der Waals surface area contributed by atoms with Crippen molar-refractivity contribution in [3.05, 3.63) is 0 Å². The molecule has 0 unspecified atom stereocenters. The molecule has 0 saturated heterocycles. The van der Waals surface area contributed by atoms with E-state index in [4.69, 9.17) is 0 Å². The van der Waals surface area contributed by atoms with Gasteiger partial charge in [-0.1, -0.05) is 0 Å². The van der Waals surface area contributed by atoms with Crippen molar-refractivity contribution in [2.24, 2.45) is 0 Å². The van der Waals surface area contributed by atoms with Gasteiger partial charge in [0.05, 0.1) is 0 Å². The van der Waals surface area contributed by atoms with Crippen LogP contribution >= 0.6 is 0 Å². The van der Waals surface area contributed by atoms with Crippen molar-refractivity contribution < 1.29 is 118 Å². The summed E-state index contributed by atoms with van der Waals surface area (Å²) in [5.41, 5.74) is 0. The molecule has 23 heteroatoms. The van der Waals surface area contributed by atoms with Crippen molar-refractivity contribution in [2.45, 2.75) is 47.9 Å². The first-order valence-electron chi connectivity index (χ1n) is 6.22. The summed E-state index contributed by atoms with van der Waals surface area (Å²) >= 11 is 0. The molecule has 0 aliphatic rings. The number of alkyl halides is 18. The fourth-order valence-electron chi connectivity index (χ4n) is 1.01. The van der Waals surface area contributed by atoms with Gasteiger partial charge in [0.15, 0.2) is 0 Å². The van der Waals surface area contributed by atoms with Gasteiger partial charge >= 0.3 is 67.4 Å². The zero-order valence-corrected chi connectivity index (χ0v) is 17.1. The van der Waals surface area contributed by atoms with Crippen LogP contribution in [0.1, 0.15) is 0 Å². The molecule has 33 heavy (non-hydrogen) atoms. The van der Waals surface area contributed by atoms with E-state index in [0.29, 0.717) is 0 Å². The van der Waals surface area contributed by atoms with Gasteiger partial charge in [-0.25, -0.2) is 0 Å². The largest absolute Gasteiger partial charge is 2.00 e. The van der Waals surface area contributed by atoms with Crippen molar-refractivity contribution in [2.75, 3.05) is 0 Å². The standard InChI is InChI=1S/2C5HF9O2.Zn/c2*6-2(7,1(15)16)3(8,9)4(10,11)5(12,13)14;/h2*(H,15,16);/q;;+2/p-2. The predicted molar refractivity (Wildman–Crippen MR) is 51.8 cm³/mol. The summed E-state index contributed by atoms with van der Waals surface area (Å²) in [5, 5.41) is 18.8. The molecule has 0 aromatic rings. The van der Waals surface area contributed by atoms with Crippen LogP contribution in [0.4, 0.5) is 79.0 Å². The van der Waals surface area contributed by atoms with Crippen LogP contribution in [0.2, 0.25) is 0 Å². The van der Waals surface area contributed by atoms with Crippen LogP contribution < -0.4 is 10.2 Å². The Morgan fingerprint density at radius 2 is 0.545 bits per heavy atom. The van der Waals surface area contributed by atoms with Gasteiger partial charge in [0.2, 0.25) is 0 Å². The van der Waals surface area contributed by atoms with E-state index >= 15 is 0 Å². The van der Waals surface area contributed by atoms with Crippen LogP contribution in [0.25, 0.3) is 0 Å². The maximum absolute atomic E-state index is 12.1. The quantitative estimate of drug-likeness (QED) is 0.351. The van der Waals surface area contributed by atoms with E-state index in [1.165, 1.54) is 0 Å². The van der Waals surface area contributed by atoms with Crippen LogP contribution in [0, 0.1) is 0 Å². The minimum Gasteiger partial charge on any atom is -0.544 e. The van der Waals surface area contributed by atoms with Gasteiger partial charge in [-0.05, 0) is 0 Å². The predicted octanol–water partition coefficient (Wildman–Crippen LogP) is 2.41. The van der Waals surface area contributed by atoms with Crippen molar-refractivity contribution in [3.8, 4) is 0 Å². The normalized spacial score (nSPS) is 14.6. The smallest absolute Gasteiger partial charge is 0.544 e. The van der Waals surface area contributed by atoms with Crippen molar-refractivity contribution in [1.29, 1.82) is 0 Å². The Morgan fingerprint density at radius 1 is 0.394 bits per heavy atom. The molecule has 0 rings (SSSR count). The van der Waals surface area contributed by atoms with Gasteiger partial charge in [0.25, 0.3) is 0 Å². The molecule has 0 saturated carbocycles. The summed E-state index contributed by atoms with van der Waals surface area (Å²) in [6.07, 6.45) is -14.1. The molecule has 0 bridgehead atoms. The summed E-state index contributed by atoms with van der Waals surface area (Å²) in [5.74, 6) is -50.1. The maximum atomic E-state index is 12.1. The Kier molecular flexibility index (Phi) is 10.3. The minimum absolute atomic E-state index is 0. The zero-order valence-electron chi connectivity index (χ0n) is 14.1. The van der Waals surface area contributed by atoms with E-state index in [1.54, 1.807) is 0 Å². The maximum Gasteiger partial charge on any atom is 2.00 e. The fourth-order valence-corrected chi connectivity index (χ4v) is 1.01. The van der Waals surface area contributed by atoms with Crippen LogP contribution in [-0.4, -0.2) is 59.8 Å². The Balaban J connectivity index is -0.000000529. The molecule has 0 fully saturated rings. The molecule has 192 valence electrons. The third-order valence-electron chi connectivity index (χ3n) is 2.80. The van der Waals surface area contributed by atoms with Crippen LogP contribution in [-0.2, 0) is 29.1 Å². The van der Waals surface area contributed by atoms with Crippen molar-refractivity contribution in [3.63, 3.8) is 0 Å². The number of hydrogen-bond donors (Lipinski definition) is 0. The zero-order chi connectivity index (χ0) is 27.2. The molecule has 0 aromatic heterocycles. The van der Waals surface area contributed by atoms with E-state index in [1.807, 2.05) is 0 Å². The molecule has 0 atom stereocenters. The topological polar surface area (TPSA) is 80.3 Å². The summed E-state index contributed by atoms with van der Waals surface area (Å²) in [7, 11) is 0. The van der Waals surface area contributed by atoms with Crippen molar-refractivity contribution in [1.82, 2.24) is 0 Å². The van der Waals surface area contributed by atoms with E-state index in [0.717, 1.165) is 0 Å². The molecule has 0 aromatic carbocycles. The molecular formula is C10F18O4Zn. The van der Waals surface area contributed by atoms with Gasteiger partial charge in [0, 0.05) is 0 Å². The van der Waals surface area contributed by atoms with Gasteiger partial charge in [-0.15, -0.1) is 0 Å². The second-order valence-corrected chi connectivity index (χ2v) is 5.02. The molecule has 0 amide bonds. The Bertz CT molecular complexity index is 648. The monoisotopic (exact) mass is 590 g/mol. The minimum atomic E-state index is -7.20. The van der Waals surface area contributed by atoms with E-state index in [9.17, 15) is 98.8 Å². The van der Waals surface area contributed by atoms with Gasteiger partial charge in [-0.3, -0.25) is 0 Å². The van der Waals surface area contributed by atoms with Crippen molar-refractivity contribution >= 4 is 11.9 Å². The third-order valence-corrected chi connectivity index (χ3v) is 2.80. The van der Waals surface area contributed by atoms with Gasteiger partial charge in [0.1, 0.15) is 11.9 Å². The van der Waals surface area contributed by atoms with E-state index in [-0.39, 0.29) is 19.5 Å². The van der Waals surface area contributed by atoms with Crippen LogP contribution in [0.15, 0.2) is 0 Å². The second-order valence-electron chi connectivity index (χ2n) is 5.02. The Hall–Kier alpha value is -1.70. The first-order valence-corrected chi connectivity index (χ1v) is 6.22. The molecular weight excluding hydrogens is 591 g/mol. The number of halogens is 18. The first kappa shape index (κ1) is 35.9. The van der Waals surface area contributed by atoms with Gasteiger partial charge in [-0.2, -0.15) is 79.0 Å². The summed E-state index contributed by atoms with van der Waals surface area (Å²) in [4.78, 5) is 18.8. The van der Waals surface area contributed by atoms with Gasteiger partial charge < -0.3 is 19.8 Å². The number of carboxylic acid groups (broad SMARTS) is 2. The van der Waals surface area contributed by atoms with E-state index < -0.39 is 59.8 Å². The van der Waals surface area contributed by atoms with Crippen LogP contribution in [0.3, 0.4) is 0 Å². The summed E-state index contributed by atoms with van der Waals surface area (Å²) in [6.45, 7) is 0. The fraction of sp³-hybridized carbons (Fsp3) is 0.800. The number of carbonyl (C=O) groups excluding carboxylic acids is 2. The number of aliphatic carboxylic acids is 2. The number of carbonyl (C=O) groups is 2. The molecule has 0 aliphatic heterocycles. The van der Waals surface area contributed by atoms with E-state index in [2.05, 4.69) is 0 Å². The molecule has 0 aliphatic carbocycles. The Labute approximate surface area is 179 Å². The number of rotatable bonds is 6. The molecule has 0 spiro atoms. The third kappa shape index (κ3) is 5.87. The average Bonchev–Trinajstić information content (AvgIpc) is 2.52. The average molecular weight is 591 g/mol. The van der Waals surface area contributed by atoms with Crippen LogP contribution in [0.5, 0.6) is 0 Å². The number of carboxylic acids is 2. The Morgan fingerprint density at radius 3 is 0.636 bits per heavy atom.